The van der Waals surface area contributed by atoms with Gasteiger partial charge in [-0.1, -0.05) is 12.1 Å². The molecule has 0 aliphatic heterocycles. The third-order valence-corrected chi connectivity index (χ3v) is 3.61. The molecule has 0 amide bonds. The van der Waals surface area contributed by atoms with E-state index in [-0.39, 0.29) is 6.04 Å². The van der Waals surface area contributed by atoms with E-state index in [0.29, 0.717) is 4.60 Å². The van der Waals surface area contributed by atoms with Crippen molar-refractivity contribution in [2.75, 3.05) is 7.11 Å². The molecule has 2 atom stereocenters. The molecule has 0 bridgehead atoms. The van der Waals surface area contributed by atoms with Crippen LogP contribution in [0.4, 0.5) is 0 Å². The summed E-state index contributed by atoms with van der Waals surface area (Å²) in [5.74, 6) is 5.62. The largest absolute Gasteiger partial charge is 0.376 e. The minimum Gasteiger partial charge on any atom is -0.376 e. The predicted octanol–water partition coefficient (Wildman–Crippen LogP) is 0.897. The fraction of sp³-hybridized carbons (Fsp3) is 0.778. The van der Waals surface area contributed by atoms with Gasteiger partial charge in [-0.3, -0.25) is 5.84 Å². The molecule has 0 radical (unpaired) electrons. The summed E-state index contributed by atoms with van der Waals surface area (Å²) < 4.78 is 7.90. The molecule has 2 unspecified atom stereocenters. The average molecular weight is 292 g/mol. The van der Waals surface area contributed by atoms with E-state index in [1.807, 2.05) is 20.9 Å². The Morgan fingerprint density at radius 1 is 1.69 bits per heavy atom. The summed E-state index contributed by atoms with van der Waals surface area (Å²) in [5.41, 5.74) is 3.23. The van der Waals surface area contributed by atoms with Crippen molar-refractivity contribution in [3.05, 3.63) is 10.3 Å². The minimum atomic E-state index is -0.410. The lowest BCUT2D eigenvalue weighted by molar-refractivity contribution is -0.0322. The zero-order valence-corrected chi connectivity index (χ0v) is 11.6. The van der Waals surface area contributed by atoms with E-state index in [4.69, 9.17) is 10.6 Å². The van der Waals surface area contributed by atoms with Gasteiger partial charge in [-0.25, -0.2) is 10.1 Å². The van der Waals surface area contributed by atoms with Crippen molar-refractivity contribution in [1.82, 2.24) is 20.4 Å². The average Bonchev–Trinajstić information content (AvgIpc) is 2.61. The maximum absolute atomic E-state index is 5.62. The van der Waals surface area contributed by atoms with Crippen molar-refractivity contribution in [3.63, 3.8) is 0 Å². The number of methoxy groups -OCH3 is 1. The number of halogens is 1. The van der Waals surface area contributed by atoms with Gasteiger partial charge >= 0.3 is 0 Å². The third kappa shape index (κ3) is 2.27. The number of nitrogens with two attached hydrogens (primary N) is 1. The monoisotopic (exact) mass is 291 g/mol. The molecule has 0 fully saturated rings. The number of aryl methyl sites for hydroxylation is 1. The van der Waals surface area contributed by atoms with Crippen LogP contribution in [-0.4, -0.2) is 27.7 Å². The number of nitrogens with zero attached hydrogens (tertiary/aromatic N) is 3. The van der Waals surface area contributed by atoms with Crippen LogP contribution in [0, 0.1) is 0 Å². The van der Waals surface area contributed by atoms with Crippen LogP contribution in [0.15, 0.2) is 4.60 Å². The van der Waals surface area contributed by atoms with Gasteiger partial charge in [-0.15, -0.1) is 5.10 Å². The first kappa shape index (κ1) is 13.6. The van der Waals surface area contributed by atoms with Crippen molar-refractivity contribution < 1.29 is 4.74 Å². The summed E-state index contributed by atoms with van der Waals surface area (Å²) in [6.45, 7) is 4.04. The number of ether oxygens (including phenoxy) is 1. The van der Waals surface area contributed by atoms with Gasteiger partial charge in [-0.05, 0) is 29.3 Å². The maximum Gasteiger partial charge on any atom is 0.153 e. The highest BCUT2D eigenvalue weighted by atomic mass is 79.9. The molecular weight excluding hydrogens is 274 g/mol. The molecule has 1 rings (SSSR count). The van der Waals surface area contributed by atoms with Crippen LogP contribution in [-0.2, 0) is 11.8 Å². The fourth-order valence-electron chi connectivity index (χ4n) is 1.66. The first-order valence-corrected chi connectivity index (χ1v) is 5.85. The summed E-state index contributed by atoms with van der Waals surface area (Å²) in [7, 11) is 3.49. The van der Waals surface area contributed by atoms with Crippen LogP contribution in [0.25, 0.3) is 0 Å². The summed E-state index contributed by atoms with van der Waals surface area (Å²) in [4.78, 5) is 0. The number of rotatable bonds is 5. The van der Waals surface area contributed by atoms with Gasteiger partial charge in [-0.2, -0.15) is 0 Å². The molecule has 0 aliphatic carbocycles. The zero-order valence-electron chi connectivity index (χ0n) is 9.99. The first-order valence-electron chi connectivity index (χ1n) is 5.06. The number of aromatic nitrogens is 3. The second-order valence-electron chi connectivity index (χ2n) is 3.86. The van der Waals surface area contributed by atoms with E-state index in [2.05, 4.69) is 31.7 Å². The van der Waals surface area contributed by atoms with Crippen LogP contribution in [0.1, 0.15) is 32.0 Å². The van der Waals surface area contributed by atoms with E-state index in [1.54, 1.807) is 11.8 Å². The van der Waals surface area contributed by atoms with Crippen LogP contribution in [0.5, 0.6) is 0 Å². The van der Waals surface area contributed by atoms with Crippen molar-refractivity contribution in [3.8, 4) is 0 Å². The van der Waals surface area contributed by atoms with Crippen LogP contribution in [0.3, 0.4) is 0 Å². The number of nitrogens with one attached hydrogen (secondary N) is 1. The van der Waals surface area contributed by atoms with E-state index in [0.717, 1.165) is 12.1 Å². The minimum absolute atomic E-state index is 0.183. The Labute approximate surface area is 104 Å². The fourth-order valence-corrected chi connectivity index (χ4v) is 2.21. The maximum atomic E-state index is 5.62. The highest BCUT2D eigenvalue weighted by Crippen LogP contribution is 2.33. The Morgan fingerprint density at radius 3 is 2.62 bits per heavy atom. The molecule has 92 valence electrons. The molecule has 1 aromatic rings. The van der Waals surface area contributed by atoms with Gasteiger partial charge in [0.1, 0.15) is 0 Å². The highest BCUT2D eigenvalue weighted by Gasteiger charge is 2.36. The quantitative estimate of drug-likeness (QED) is 0.622. The summed E-state index contributed by atoms with van der Waals surface area (Å²) in [6, 6.07) is -0.183. The van der Waals surface area contributed by atoms with Gasteiger partial charge < -0.3 is 4.74 Å². The summed E-state index contributed by atoms with van der Waals surface area (Å²) in [5, 5.41) is 7.88. The van der Waals surface area contributed by atoms with E-state index in [1.165, 1.54) is 0 Å². The van der Waals surface area contributed by atoms with Crippen molar-refractivity contribution in [2.45, 2.75) is 31.9 Å². The smallest absolute Gasteiger partial charge is 0.153 e. The SMILES string of the molecule is CCC(C)(OC)C(NN)c1c(Br)nnn1C. The Morgan fingerprint density at radius 2 is 2.31 bits per heavy atom. The molecule has 0 spiro atoms. The lowest BCUT2D eigenvalue weighted by Gasteiger charge is -2.35. The Kier molecular flexibility index (Phi) is 4.43. The Hall–Kier alpha value is -0.500. The second-order valence-corrected chi connectivity index (χ2v) is 4.61. The second kappa shape index (κ2) is 5.22. The van der Waals surface area contributed by atoms with Crippen molar-refractivity contribution >= 4 is 15.9 Å². The molecule has 16 heavy (non-hydrogen) atoms. The van der Waals surface area contributed by atoms with Gasteiger partial charge in [0.25, 0.3) is 0 Å². The molecule has 0 aromatic carbocycles. The lowest BCUT2D eigenvalue weighted by Crippen LogP contribution is -2.46. The van der Waals surface area contributed by atoms with Crippen molar-refractivity contribution in [1.29, 1.82) is 0 Å². The van der Waals surface area contributed by atoms with Crippen LogP contribution >= 0.6 is 15.9 Å². The van der Waals surface area contributed by atoms with Gasteiger partial charge in [0, 0.05) is 14.2 Å². The molecule has 0 saturated heterocycles. The standard InChI is InChI=1S/C9H18BrN5O/c1-5-9(2,16-4)7(12-11)6-8(10)13-14-15(6)3/h7,12H,5,11H2,1-4H3. The molecule has 3 N–H and O–H groups in total. The number of hydrogen-bond donors (Lipinski definition) is 2. The highest BCUT2D eigenvalue weighted by molar-refractivity contribution is 9.10. The lowest BCUT2D eigenvalue weighted by atomic mass is 9.91. The topological polar surface area (TPSA) is 78.0 Å². The number of hydrazine groups is 1. The molecule has 0 saturated carbocycles. The third-order valence-electron chi connectivity index (χ3n) is 3.05. The van der Waals surface area contributed by atoms with E-state index < -0.39 is 5.60 Å². The predicted molar refractivity (Wildman–Crippen MR) is 64.5 cm³/mol. The van der Waals surface area contributed by atoms with Gasteiger partial charge in [0.05, 0.1) is 17.3 Å². The van der Waals surface area contributed by atoms with Crippen LogP contribution < -0.4 is 11.3 Å². The molecule has 7 heteroatoms. The summed E-state index contributed by atoms with van der Waals surface area (Å²) in [6.07, 6.45) is 0.815. The normalized spacial score (nSPS) is 17.1. The van der Waals surface area contributed by atoms with Crippen LogP contribution in [0.2, 0.25) is 0 Å². The van der Waals surface area contributed by atoms with Gasteiger partial charge in [0.15, 0.2) is 4.60 Å². The molecule has 1 heterocycles. The number of hydrogen-bond acceptors (Lipinski definition) is 5. The Balaban J connectivity index is 3.17. The molecular formula is C9H18BrN5O. The zero-order chi connectivity index (χ0) is 12.3. The molecule has 6 nitrogen and oxygen atoms in total. The van der Waals surface area contributed by atoms with E-state index in [9.17, 15) is 0 Å². The molecule has 0 aliphatic rings. The van der Waals surface area contributed by atoms with E-state index >= 15 is 0 Å². The molecule has 1 aromatic heterocycles. The van der Waals surface area contributed by atoms with Crippen molar-refractivity contribution in [2.24, 2.45) is 12.9 Å². The van der Waals surface area contributed by atoms with Gasteiger partial charge in [0.2, 0.25) is 0 Å². The Bertz CT molecular complexity index is 330. The summed E-state index contributed by atoms with van der Waals surface area (Å²) >= 11 is 3.36. The first-order chi connectivity index (χ1) is 7.50.